The predicted octanol–water partition coefficient (Wildman–Crippen LogP) is 4.56. The van der Waals surface area contributed by atoms with Crippen LogP contribution in [0.1, 0.15) is 69.7 Å². The van der Waals surface area contributed by atoms with Crippen LogP contribution in [-0.4, -0.2) is 21.0 Å². The van der Waals surface area contributed by atoms with Gasteiger partial charge in [0.1, 0.15) is 20.7 Å². The van der Waals surface area contributed by atoms with E-state index in [1.165, 1.54) is 19.3 Å². The Balaban J connectivity index is 2.70. The lowest BCUT2D eigenvalue weighted by atomic mass is 10.1. The minimum Gasteiger partial charge on any atom is -0.490 e. The van der Waals surface area contributed by atoms with Crippen molar-refractivity contribution in [3.05, 3.63) is 29.8 Å². The van der Waals surface area contributed by atoms with E-state index in [1.807, 2.05) is 24.3 Å². The number of hydrogen-bond acceptors (Lipinski definition) is 2. The van der Waals surface area contributed by atoms with Gasteiger partial charge in [0, 0.05) is 0 Å². The van der Waals surface area contributed by atoms with Crippen molar-refractivity contribution >= 4 is 14.9 Å². The molecule has 1 rings (SSSR count). The molecule has 3 heteroatoms. The molecule has 1 unspecified atom stereocenters. The number of unbranched alkanes of at least 4 members (excludes halogenated alkanes) is 2. The molecule has 0 radical (unpaired) electrons. The van der Waals surface area contributed by atoms with E-state index in [2.05, 4.69) is 20.8 Å². The maximum absolute atomic E-state index is 12.3. The fraction of sp³-hybridized carbons (Fsp3) is 0.611. The minimum absolute atomic E-state index is 0.235. The van der Waals surface area contributed by atoms with Crippen molar-refractivity contribution in [2.24, 2.45) is 0 Å². The second-order valence-corrected chi connectivity index (χ2v) is 7.52. The van der Waals surface area contributed by atoms with Crippen molar-refractivity contribution < 1.29 is 9.53 Å². The second kappa shape index (κ2) is 10.6. The van der Waals surface area contributed by atoms with Gasteiger partial charge in [0.25, 0.3) is 0 Å². The van der Waals surface area contributed by atoms with Gasteiger partial charge in [-0.3, -0.25) is 0 Å². The Bertz CT molecular complexity index is 417. The third-order valence-corrected chi connectivity index (χ3v) is 5.72. The lowest BCUT2D eigenvalue weighted by Gasteiger charge is -2.19. The van der Waals surface area contributed by atoms with Gasteiger partial charge in [-0.15, -0.1) is 0 Å². The number of hydrogen-bond donors (Lipinski definition) is 0. The minimum atomic E-state index is -0.663. The first-order chi connectivity index (χ1) is 10.2. The van der Waals surface area contributed by atoms with Gasteiger partial charge in [0.15, 0.2) is 0 Å². The van der Waals surface area contributed by atoms with Crippen LogP contribution in [0.2, 0.25) is 6.04 Å². The molecule has 0 saturated heterocycles. The molecule has 0 fully saturated rings. The van der Waals surface area contributed by atoms with Crippen molar-refractivity contribution in [1.82, 2.24) is 0 Å². The molecule has 21 heavy (non-hydrogen) atoms. The Morgan fingerprint density at radius 2 is 1.90 bits per heavy atom. The summed E-state index contributed by atoms with van der Waals surface area (Å²) < 4.78 is 6.14. The Hall–Kier alpha value is -1.09. The zero-order chi connectivity index (χ0) is 15.5. The summed E-state index contributed by atoms with van der Waals surface area (Å²) >= 11 is 0. The molecular weight excluding hydrogens is 276 g/mol. The molecule has 0 amide bonds. The highest BCUT2D eigenvalue weighted by atomic mass is 28.2. The van der Waals surface area contributed by atoms with E-state index in [-0.39, 0.29) is 6.10 Å². The van der Waals surface area contributed by atoms with Crippen LogP contribution < -0.4 is 4.74 Å². The highest BCUT2D eigenvalue weighted by Crippen LogP contribution is 2.22. The van der Waals surface area contributed by atoms with E-state index in [0.29, 0.717) is 5.41 Å². The molecule has 0 aliphatic carbocycles. The van der Waals surface area contributed by atoms with Gasteiger partial charge >= 0.3 is 0 Å². The van der Waals surface area contributed by atoms with Crippen molar-refractivity contribution in [2.45, 2.75) is 71.4 Å². The van der Waals surface area contributed by atoms with Crippen LogP contribution in [0.15, 0.2) is 24.3 Å². The van der Waals surface area contributed by atoms with E-state index in [1.54, 1.807) is 0 Å². The fourth-order valence-corrected chi connectivity index (χ4v) is 3.66. The number of benzene rings is 1. The van der Waals surface area contributed by atoms with Crippen LogP contribution in [0.3, 0.4) is 0 Å². The molecule has 0 aliphatic heterocycles. The second-order valence-electron chi connectivity index (χ2n) is 5.67. The topological polar surface area (TPSA) is 26.3 Å². The molecule has 1 aromatic carbocycles. The average molecular weight is 307 g/mol. The van der Waals surface area contributed by atoms with Crippen molar-refractivity contribution in [1.29, 1.82) is 0 Å². The molecule has 0 aromatic heterocycles. The van der Waals surface area contributed by atoms with Gasteiger partial charge in [-0.25, -0.2) is 0 Å². The normalized spacial score (nSPS) is 12.7. The van der Waals surface area contributed by atoms with E-state index >= 15 is 0 Å². The zero-order valence-corrected chi connectivity index (χ0v) is 15.3. The number of rotatable bonds is 11. The molecule has 2 nitrogen and oxygen atoms in total. The Morgan fingerprint density at radius 1 is 1.14 bits per heavy atom. The lowest BCUT2D eigenvalue weighted by molar-refractivity contribution is 0.106. The summed E-state index contributed by atoms with van der Waals surface area (Å²) in [4.78, 5) is 12.3. The molecule has 118 valence electrons. The first-order valence-corrected chi connectivity index (χ1v) is 10.2. The first-order valence-electron chi connectivity index (χ1n) is 8.51. The van der Waals surface area contributed by atoms with E-state index in [0.717, 1.165) is 36.6 Å². The summed E-state index contributed by atoms with van der Waals surface area (Å²) in [7, 11) is -0.663. The van der Waals surface area contributed by atoms with E-state index in [4.69, 9.17) is 4.74 Å². The molecule has 0 spiro atoms. The van der Waals surface area contributed by atoms with Crippen molar-refractivity contribution in [3.63, 3.8) is 0 Å². The third-order valence-electron chi connectivity index (χ3n) is 3.82. The Morgan fingerprint density at radius 3 is 2.57 bits per heavy atom. The molecular formula is C18H30O2Si. The lowest BCUT2D eigenvalue weighted by Crippen LogP contribution is -2.18. The van der Waals surface area contributed by atoms with Crippen LogP contribution in [0.25, 0.3) is 0 Å². The summed E-state index contributed by atoms with van der Waals surface area (Å²) in [5.41, 5.74) is 0.812. The molecule has 0 heterocycles. The zero-order valence-electron chi connectivity index (χ0n) is 13.9. The fourth-order valence-electron chi connectivity index (χ4n) is 2.42. The van der Waals surface area contributed by atoms with Crippen molar-refractivity contribution in [2.75, 3.05) is 0 Å². The quantitative estimate of drug-likeness (QED) is 0.442. The Kier molecular flexibility index (Phi) is 9.07. The maximum atomic E-state index is 12.3. The number of carbonyl (C=O) groups is 1. The molecule has 0 aliphatic rings. The van der Waals surface area contributed by atoms with Crippen LogP contribution in [0, 0.1) is 0 Å². The third kappa shape index (κ3) is 6.47. The van der Waals surface area contributed by atoms with E-state index in [9.17, 15) is 4.79 Å². The molecule has 1 atom stereocenters. The van der Waals surface area contributed by atoms with Crippen LogP contribution in [-0.2, 0) is 0 Å². The summed E-state index contributed by atoms with van der Waals surface area (Å²) in [6.07, 6.45) is 7.11. The molecule has 0 saturated carbocycles. The monoisotopic (exact) mass is 306 g/mol. The SMILES string of the molecule is CCCCCC(CC)Oc1ccccc1C(=O)[SiH2]CCC. The van der Waals surface area contributed by atoms with Crippen LogP contribution in [0.4, 0.5) is 0 Å². The van der Waals surface area contributed by atoms with Gasteiger partial charge in [-0.1, -0.05) is 58.2 Å². The molecule has 0 bridgehead atoms. The number of ether oxygens (including phenoxy) is 1. The van der Waals surface area contributed by atoms with Crippen LogP contribution >= 0.6 is 0 Å². The van der Waals surface area contributed by atoms with Gasteiger partial charge in [0.2, 0.25) is 0 Å². The van der Waals surface area contributed by atoms with Gasteiger partial charge in [-0.2, -0.15) is 0 Å². The summed E-state index contributed by atoms with van der Waals surface area (Å²) in [6, 6.07) is 8.88. The maximum Gasteiger partial charge on any atom is 0.136 e. The van der Waals surface area contributed by atoms with Crippen LogP contribution in [0.5, 0.6) is 5.75 Å². The average Bonchev–Trinajstić information content (AvgIpc) is 2.52. The van der Waals surface area contributed by atoms with Gasteiger partial charge < -0.3 is 9.53 Å². The van der Waals surface area contributed by atoms with Crippen molar-refractivity contribution in [3.8, 4) is 5.75 Å². The first kappa shape index (κ1) is 18.0. The highest BCUT2D eigenvalue weighted by molar-refractivity contribution is 6.77. The number of para-hydroxylation sites is 1. The summed E-state index contributed by atoms with van der Waals surface area (Å²) in [5.74, 6) is 0.800. The largest absolute Gasteiger partial charge is 0.490 e. The molecule has 1 aromatic rings. The van der Waals surface area contributed by atoms with Gasteiger partial charge in [-0.05, 0) is 31.4 Å². The van der Waals surface area contributed by atoms with E-state index < -0.39 is 9.52 Å². The van der Waals surface area contributed by atoms with Gasteiger partial charge in [0.05, 0.1) is 11.7 Å². The highest BCUT2D eigenvalue weighted by Gasteiger charge is 2.15. The number of carbonyl (C=O) groups excluding carboxylic acids is 1. The smallest absolute Gasteiger partial charge is 0.136 e. The standard InChI is InChI=1S/C18H30O2Si/c1-4-7-8-11-15(6-3)20-17-13-10-9-12-16(17)18(19)21-14-5-2/h9-10,12-13,15H,4-8,11,14,21H2,1-3H3. The molecule has 0 N–H and O–H groups in total. The predicted molar refractivity (Wildman–Crippen MR) is 93.3 cm³/mol. The summed E-state index contributed by atoms with van der Waals surface area (Å²) in [5, 5.41) is 0.343. The Labute approximate surface area is 132 Å². The summed E-state index contributed by atoms with van der Waals surface area (Å²) in [6.45, 7) is 6.52.